The number of halogens is 2. The van der Waals surface area contributed by atoms with Crippen molar-refractivity contribution in [2.45, 2.75) is 26.2 Å². The molecule has 4 aromatic rings. The summed E-state index contributed by atoms with van der Waals surface area (Å²) in [6, 6.07) is 11.2. The lowest BCUT2D eigenvalue weighted by Crippen LogP contribution is -2.25. The van der Waals surface area contributed by atoms with Crippen LogP contribution >= 0.6 is 0 Å². The molecule has 0 radical (unpaired) electrons. The molecule has 0 saturated carbocycles. The fourth-order valence-electron chi connectivity index (χ4n) is 4.36. The lowest BCUT2D eigenvalue weighted by Gasteiger charge is -2.21. The van der Waals surface area contributed by atoms with Crippen LogP contribution < -0.4 is 15.5 Å². The third kappa shape index (κ3) is 3.83. The minimum absolute atomic E-state index is 0.239. The fourth-order valence-corrected chi connectivity index (χ4v) is 4.36. The van der Waals surface area contributed by atoms with Gasteiger partial charge in [0.2, 0.25) is 5.95 Å². The molecule has 0 atom stereocenters. The third-order valence-electron chi connectivity index (χ3n) is 5.94. The highest BCUT2D eigenvalue weighted by molar-refractivity contribution is 5.76. The van der Waals surface area contributed by atoms with Gasteiger partial charge in [-0.1, -0.05) is 13.8 Å². The summed E-state index contributed by atoms with van der Waals surface area (Å²) in [5.74, 6) is 1.06. The smallest absolute Gasteiger partial charge is 0.231 e. The van der Waals surface area contributed by atoms with Crippen molar-refractivity contribution in [1.82, 2.24) is 19.5 Å². The van der Waals surface area contributed by atoms with E-state index in [-0.39, 0.29) is 11.2 Å². The molecule has 1 aliphatic rings. The van der Waals surface area contributed by atoms with Gasteiger partial charge in [-0.25, -0.2) is 13.8 Å². The molecule has 0 amide bonds. The zero-order valence-corrected chi connectivity index (χ0v) is 19.4. The molecule has 7 nitrogen and oxygen atoms in total. The Hall–Kier alpha value is -4.01. The molecule has 0 saturated heterocycles. The van der Waals surface area contributed by atoms with E-state index in [4.69, 9.17) is 4.98 Å². The maximum Gasteiger partial charge on any atom is 0.231 e. The highest BCUT2D eigenvalue weighted by atomic mass is 19.1. The van der Waals surface area contributed by atoms with Crippen LogP contribution in [0.25, 0.3) is 5.69 Å². The van der Waals surface area contributed by atoms with Gasteiger partial charge in [0.05, 0.1) is 17.7 Å². The summed E-state index contributed by atoms with van der Waals surface area (Å²) in [4.78, 5) is 15.6. The molecule has 1 aliphatic heterocycles. The van der Waals surface area contributed by atoms with Crippen molar-refractivity contribution >= 4 is 29.0 Å². The molecule has 0 fully saturated rings. The Morgan fingerprint density at radius 2 is 1.79 bits per heavy atom. The van der Waals surface area contributed by atoms with Crippen molar-refractivity contribution in [3.05, 3.63) is 77.9 Å². The Morgan fingerprint density at radius 1 is 1.03 bits per heavy atom. The predicted molar refractivity (Wildman–Crippen MR) is 130 cm³/mol. The van der Waals surface area contributed by atoms with E-state index < -0.39 is 5.82 Å². The van der Waals surface area contributed by atoms with Crippen molar-refractivity contribution in [2.24, 2.45) is 0 Å². The highest BCUT2D eigenvalue weighted by Crippen LogP contribution is 2.46. The summed E-state index contributed by atoms with van der Waals surface area (Å²) in [6.45, 7) is 6.76. The number of fused-ring (bicyclic) bond motifs is 1. The summed E-state index contributed by atoms with van der Waals surface area (Å²) in [7, 11) is 1.81. The third-order valence-corrected chi connectivity index (χ3v) is 5.94. The molecule has 174 valence electrons. The van der Waals surface area contributed by atoms with Crippen molar-refractivity contribution in [3.63, 3.8) is 0 Å². The fraction of sp³-hybridized carbons (Fsp3) is 0.240. The molecular weight excluding hydrogens is 436 g/mol. The second-order valence-corrected chi connectivity index (χ2v) is 9.00. The molecule has 2 N–H and O–H groups in total. The van der Waals surface area contributed by atoms with Crippen LogP contribution in [0.5, 0.6) is 0 Å². The van der Waals surface area contributed by atoms with Crippen LogP contribution in [-0.4, -0.2) is 33.1 Å². The van der Waals surface area contributed by atoms with Gasteiger partial charge in [0.15, 0.2) is 0 Å². The van der Waals surface area contributed by atoms with Crippen molar-refractivity contribution in [1.29, 1.82) is 0 Å². The molecule has 0 aliphatic carbocycles. The molecule has 9 heteroatoms. The lowest BCUT2D eigenvalue weighted by molar-refractivity contribution is 0.569. The van der Waals surface area contributed by atoms with Crippen LogP contribution in [0.15, 0.2) is 55.0 Å². The van der Waals surface area contributed by atoms with E-state index in [1.807, 2.05) is 18.9 Å². The first-order valence-electron chi connectivity index (χ1n) is 11.0. The van der Waals surface area contributed by atoms with Crippen molar-refractivity contribution in [3.8, 4) is 5.69 Å². The average molecular weight is 462 g/mol. The van der Waals surface area contributed by atoms with Crippen molar-refractivity contribution in [2.75, 3.05) is 29.1 Å². The summed E-state index contributed by atoms with van der Waals surface area (Å²) in [6.07, 6.45) is 3.34. The van der Waals surface area contributed by atoms with Gasteiger partial charge in [0, 0.05) is 42.1 Å². The van der Waals surface area contributed by atoms with Gasteiger partial charge in [0.25, 0.3) is 0 Å². The van der Waals surface area contributed by atoms with Crippen LogP contribution in [0, 0.1) is 18.6 Å². The van der Waals surface area contributed by atoms with Gasteiger partial charge in [-0.15, -0.1) is 0 Å². The van der Waals surface area contributed by atoms with Crippen LogP contribution in [0.3, 0.4) is 0 Å². The van der Waals surface area contributed by atoms with Gasteiger partial charge < -0.3 is 20.1 Å². The first kappa shape index (κ1) is 21.8. The Kier molecular flexibility index (Phi) is 5.19. The number of aryl methyl sites for hydroxylation is 1. The second-order valence-electron chi connectivity index (χ2n) is 9.00. The molecule has 34 heavy (non-hydrogen) atoms. The number of nitrogens with one attached hydrogen (secondary N) is 2. The van der Waals surface area contributed by atoms with E-state index in [9.17, 15) is 8.78 Å². The van der Waals surface area contributed by atoms with Gasteiger partial charge in [-0.2, -0.15) is 9.97 Å². The Balaban J connectivity index is 1.52. The Labute approximate surface area is 196 Å². The first-order valence-corrected chi connectivity index (χ1v) is 11.0. The minimum atomic E-state index is -0.397. The number of anilines is 5. The summed E-state index contributed by atoms with van der Waals surface area (Å²) in [5, 5.41) is 6.30. The number of aromatic nitrogens is 4. The lowest BCUT2D eigenvalue weighted by atomic mass is 9.88. The number of benzene rings is 2. The van der Waals surface area contributed by atoms with Crippen LogP contribution in [0.4, 0.5) is 37.7 Å². The van der Waals surface area contributed by atoms with Gasteiger partial charge in [-0.3, -0.25) is 0 Å². The standard InChI is InChI=1S/C25H25F2N7/c1-15-12-33(14-29-15)20-10-7-17(11-19(20)27)30-24-31-22(28-4)21-23(32-24)34(13-25(21,2)3)18-8-5-16(26)6-9-18/h5-12,14H,13H2,1-4H3,(H2,28,30,31,32). The zero-order valence-electron chi connectivity index (χ0n) is 19.4. The van der Waals surface area contributed by atoms with Crippen LogP contribution in [0.1, 0.15) is 25.1 Å². The van der Waals surface area contributed by atoms with Crippen LogP contribution in [0.2, 0.25) is 0 Å². The second kappa shape index (κ2) is 8.09. The van der Waals surface area contributed by atoms with Crippen molar-refractivity contribution < 1.29 is 8.78 Å². The number of imidazole rings is 1. The Bertz CT molecular complexity index is 1360. The molecule has 2 aromatic carbocycles. The van der Waals surface area contributed by atoms with E-state index in [2.05, 4.69) is 34.4 Å². The number of rotatable bonds is 5. The Morgan fingerprint density at radius 3 is 2.44 bits per heavy atom. The zero-order chi connectivity index (χ0) is 24.0. The predicted octanol–water partition coefficient (Wildman–Crippen LogP) is 5.46. The molecular formula is C25H25F2N7. The quantitative estimate of drug-likeness (QED) is 0.411. The topological polar surface area (TPSA) is 70.9 Å². The van der Waals surface area contributed by atoms with Gasteiger partial charge >= 0.3 is 0 Å². The molecule has 5 rings (SSSR count). The summed E-state index contributed by atoms with van der Waals surface area (Å²) >= 11 is 0. The highest BCUT2D eigenvalue weighted by Gasteiger charge is 2.40. The first-order chi connectivity index (χ1) is 16.2. The number of nitrogens with zero attached hydrogens (tertiary/aromatic N) is 5. The maximum atomic E-state index is 14.8. The summed E-state index contributed by atoms with van der Waals surface area (Å²) in [5.41, 5.74) is 3.30. The average Bonchev–Trinajstić information content (AvgIpc) is 3.34. The van der Waals surface area contributed by atoms with Crippen LogP contribution in [-0.2, 0) is 5.41 Å². The number of hydrogen-bond donors (Lipinski definition) is 2. The monoisotopic (exact) mass is 461 g/mol. The van der Waals surface area contributed by atoms with E-state index in [0.717, 1.165) is 22.8 Å². The molecule has 2 aromatic heterocycles. The summed E-state index contributed by atoms with van der Waals surface area (Å²) < 4.78 is 30.0. The molecule has 3 heterocycles. The minimum Gasteiger partial charge on any atom is -0.373 e. The van der Waals surface area contributed by atoms with E-state index in [1.165, 1.54) is 18.2 Å². The van der Waals surface area contributed by atoms with E-state index in [0.29, 0.717) is 29.7 Å². The molecule has 0 spiro atoms. The maximum absolute atomic E-state index is 14.8. The molecule has 0 bridgehead atoms. The largest absolute Gasteiger partial charge is 0.373 e. The molecule has 0 unspecified atom stereocenters. The van der Waals surface area contributed by atoms with Gasteiger partial charge in [-0.05, 0) is 49.4 Å². The normalized spacial score (nSPS) is 14.2. The SMILES string of the molecule is CNc1nc(Nc2ccc(-n3cnc(C)c3)c(F)c2)nc2c1C(C)(C)CN2c1ccc(F)cc1. The van der Waals surface area contributed by atoms with E-state index in [1.54, 1.807) is 41.4 Å². The van der Waals surface area contributed by atoms with Gasteiger partial charge in [0.1, 0.15) is 23.3 Å². The van der Waals surface area contributed by atoms with E-state index >= 15 is 0 Å². The number of hydrogen-bond acceptors (Lipinski definition) is 6.